The molecule has 3 nitrogen and oxygen atoms in total. The Morgan fingerprint density at radius 3 is 2.39 bits per heavy atom. The zero-order valence-electron chi connectivity index (χ0n) is 10.3. The van der Waals surface area contributed by atoms with Crippen molar-refractivity contribution in [3.05, 3.63) is 35.9 Å². The third-order valence-electron chi connectivity index (χ3n) is 4.31. The fraction of sp³-hybridized carbons (Fsp3) is 0.533. The van der Waals surface area contributed by atoms with Gasteiger partial charge in [0.05, 0.1) is 0 Å². The Kier molecular flexibility index (Phi) is 2.86. The van der Waals surface area contributed by atoms with Gasteiger partial charge in [0.1, 0.15) is 5.60 Å². The van der Waals surface area contributed by atoms with Gasteiger partial charge in [-0.15, -0.1) is 0 Å². The van der Waals surface area contributed by atoms with E-state index in [2.05, 4.69) is 0 Å². The predicted molar refractivity (Wildman–Crippen MR) is 67.2 cm³/mol. The topological polar surface area (TPSA) is 49.8 Å². The number of carboxylic acids is 1. The van der Waals surface area contributed by atoms with Crippen LogP contribution >= 0.6 is 0 Å². The summed E-state index contributed by atoms with van der Waals surface area (Å²) in [7, 11) is 0. The lowest BCUT2D eigenvalue weighted by atomic mass is 9.74. The van der Waals surface area contributed by atoms with E-state index in [-0.39, 0.29) is 0 Å². The highest BCUT2D eigenvalue weighted by Gasteiger charge is 2.65. The molecular weight excluding hydrogens is 228 g/mol. The number of carbonyl (C=O) groups is 1. The first-order chi connectivity index (χ1) is 8.75. The van der Waals surface area contributed by atoms with Gasteiger partial charge in [0.25, 0.3) is 0 Å². The number of benzene rings is 1. The van der Waals surface area contributed by atoms with Crippen molar-refractivity contribution in [2.75, 3.05) is 0 Å². The monoisotopic (exact) mass is 246 g/mol. The van der Waals surface area contributed by atoms with E-state index in [0.717, 1.165) is 18.4 Å². The third-order valence-corrected chi connectivity index (χ3v) is 4.31. The second-order valence-corrected chi connectivity index (χ2v) is 5.33. The van der Waals surface area contributed by atoms with E-state index in [0.29, 0.717) is 5.92 Å². The van der Waals surface area contributed by atoms with Gasteiger partial charge in [-0.1, -0.05) is 49.6 Å². The number of epoxide rings is 1. The number of rotatable bonds is 3. The number of ether oxygens (including phenoxy) is 1. The van der Waals surface area contributed by atoms with E-state index in [9.17, 15) is 9.90 Å². The van der Waals surface area contributed by atoms with Crippen LogP contribution in [-0.4, -0.2) is 17.2 Å². The van der Waals surface area contributed by atoms with Crippen LogP contribution in [0.1, 0.15) is 37.7 Å². The summed E-state index contributed by atoms with van der Waals surface area (Å²) in [5.74, 6) is -0.473. The summed E-state index contributed by atoms with van der Waals surface area (Å²) in [5.41, 5.74) is 0.484. The quantitative estimate of drug-likeness (QED) is 0.834. The van der Waals surface area contributed by atoms with E-state index >= 15 is 0 Å². The van der Waals surface area contributed by atoms with Crippen molar-refractivity contribution in [1.82, 2.24) is 0 Å². The van der Waals surface area contributed by atoms with Gasteiger partial charge in [0.15, 0.2) is 6.10 Å². The van der Waals surface area contributed by atoms with Crippen molar-refractivity contribution in [3.8, 4) is 0 Å². The molecule has 2 aliphatic rings. The van der Waals surface area contributed by atoms with Gasteiger partial charge >= 0.3 is 5.97 Å². The van der Waals surface area contributed by atoms with Gasteiger partial charge in [-0.25, -0.2) is 4.79 Å². The van der Waals surface area contributed by atoms with Crippen LogP contribution in [0.5, 0.6) is 0 Å². The minimum Gasteiger partial charge on any atom is -0.479 e. The molecule has 0 amide bonds. The van der Waals surface area contributed by atoms with Gasteiger partial charge in [0, 0.05) is 0 Å². The minimum absolute atomic E-state index is 0.356. The van der Waals surface area contributed by atoms with Crippen molar-refractivity contribution in [2.24, 2.45) is 5.92 Å². The number of hydrogen-bond donors (Lipinski definition) is 1. The summed E-state index contributed by atoms with van der Waals surface area (Å²) in [4.78, 5) is 11.3. The summed E-state index contributed by atoms with van der Waals surface area (Å²) in [6, 6.07) is 9.87. The van der Waals surface area contributed by atoms with Crippen molar-refractivity contribution in [3.63, 3.8) is 0 Å². The Hall–Kier alpha value is -1.35. The Morgan fingerprint density at radius 2 is 1.83 bits per heavy atom. The lowest BCUT2D eigenvalue weighted by Gasteiger charge is -2.28. The molecule has 96 valence electrons. The summed E-state index contributed by atoms with van der Waals surface area (Å²) >= 11 is 0. The van der Waals surface area contributed by atoms with Crippen LogP contribution in [-0.2, 0) is 15.1 Å². The Labute approximate surface area is 107 Å². The maximum Gasteiger partial charge on any atom is 0.336 e. The minimum atomic E-state index is -0.829. The smallest absolute Gasteiger partial charge is 0.336 e. The standard InChI is InChI=1S/C15H18O3/c16-14(17)13-15(18-13,11-7-3-1-4-8-11)12-9-5-2-6-10-12/h1,3-4,7-8,12-13H,2,5-6,9-10H2,(H,16,17). The first kappa shape index (κ1) is 11.7. The highest BCUT2D eigenvalue weighted by Crippen LogP contribution is 2.56. The number of aliphatic carboxylic acids is 1. The van der Waals surface area contributed by atoms with Crippen LogP contribution in [0, 0.1) is 5.92 Å². The van der Waals surface area contributed by atoms with E-state index in [4.69, 9.17) is 4.74 Å². The number of hydrogen-bond acceptors (Lipinski definition) is 2. The van der Waals surface area contributed by atoms with E-state index in [1.807, 2.05) is 30.3 Å². The molecule has 1 aromatic rings. The van der Waals surface area contributed by atoms with Crippen molar-refractivity contribution in [2.45, 2.75) is 43.8 Å². The van der Waals surface area contributed by atoms with Gasteiger partial charge in [0.2, 0.25) is 0 Å². The largest absolute Gasteiger partial charge is 0.479 e. The van der Waals surface area contributed by atoms with Crippen LogP contribution < -0.4 is 0 Å². The summed E-state index contributed by atoms with van der Waals surface area (Å²) in [6.45, 7) is 0. The molecule has 0 spiro atoms. The molecule has 0 radical (unpaired) electrons. The lowest BCUT2D eigenvalue weighted by Crippen LogP contribution is -2.29. The van der Waals surface area contributed by atoms with E-state index < -0.39 is 17.7 Å². The molecule has 1 aromatic carbocycles. The van der Waals surface area contributed by atoms with Gasteiger partial charge < -0.3 is 9.84 Å². The van der Waals surface area contributed by atoms with Crippen LogP contribution in [0.15, 0.2) is 30.3 Å². The molecule has 1 aliphatic carbocycles. The number of carboxylic acid groups (broad SMARTS) is 1. The fourth-order valence-electron chi connectivity index (χ4n) is 3.39. The molecule has 1 heterocycles. The summed E-state index contributed by atoms with van der Waals surface area (Å²) < 4.78 is 5.69. The molecule has 1 saturated carbocycles. The summed E-state index contributed by atoms with van der Waals surface area (Å²) in [5, 5.41) is 9.26. The Balaban J connectivity index is 1.93. The molecular formula is C15H18O3. The first-order valence-electron chi connectivity index (χ1n) is 6.71. The van der Waals surface area contributed by atoms with Crippen LogP contribution in [0.25, 0.3) is 0 Å². The molecule has 2 fully saturated rings. The van der Waals surface area contributed by atoms with Crippen molar-refractivity contribution in [1.29, 1.82) is 0 Å². The fourth-order valence-corrected chi connectivity index (χ4v) is 3.39. The second kappa shape index (κ2) is 4.39. The van der Waals surface area contributed by atoms with E-state index in [1.165, 1.54) is 19.3 Å². The van der Waals surface area contributed by atoms with Crippen molar-refractivity contribution >= 4 is 5.97 Å². The van der Waals surface area contributed by atoms with Gasteiger partial charge in [-0.3, -0.25) is 0 Å². The molecule has 0 aromatic heterocycles. The zero-order chi connectivity index (χ0) is 12.6. The molecule has 0 bridgehead atoms. The Bertz CT molecular complexity index is 436. The Morgan fingerprint density at radius 1 is 1.17 bits per heavy atom. The predicted octanol–water partition coefficient (Wildman–Crippen LogP) is 2.95. The van der Waals surface area contributed by atoms with Crippen LogP contribution in [0.3, 0.4) is 0 Å². The average Bonchev–Trinajstić information content (AvgIpc) is 3.18. The zero-order valence-corrected chi connectivity index (χ0v) is 10.3. The molecule has 3 heteroatoms. The van der Waals surface area contributed by atoms with Crippen LogP contribution in [0.2, 0.25) is 0 Å². The molecule has 3 rings (SSSR count). The highest BCUT2D eigenvalue weighted by atomic mass is 16.6. The molecule has 1 saturated heterocycles. The average molecular weight is 246 g/mol. The highest BCUT2D eigenvalue weighted by molar-refractivity contribution is 5.78. The third kappa shape index (κ3) is 1.74. The molecule has 18 heavy (non-hydrogen) atoms. The second-order valence-electron chi connectivity index (χ2n) is 5.33. The van der Waals surface area contributed by atoms with Crippen molar-refractivity contribution < 1.29 is 14.6 Å². The molecule has 1 aliphatic heterocycles. The van der Waals surface area contributed by atoms with Gasteiger partial charge in [-0.2, -0.15) is 0 Å². The normalized spacial score (nSPS) is 32.1. The first-order valence-corrected chi connectivity index (χ1v) is 6.71. The van der Waals surface area contributed by atoms with Gasteiger partial charge in [-0.05, 0) is 24.3 Å². The maximum absolute atomic E-state index is 11.3. The molecule has 2 atom stereocenters. The molecule has 2 unspecified atom stereocenters. The van der Waals surface area contributed by atoms with Crippen LogP contribution in [0.4, 0.5) is 0 Å². The molecule has 1 N–H and O–H groups in total. The SMILES string of the molecule is O=C(O)C1OC1(c1ccccc1)C1CCCCC1. The summed E-state index contributed by atoms with van der Waals surface area (Å²) in [6.07, 6.45) is 5.16. The van der Waals surface area contributed by atoms with E-state index in [1.54, 1.807) is 0 Å². The lowest BCUT2D eigenvalue weighted by molar-refractivity contribution is -0.138. The maximum atomic E-state index is 11.3.